The summed E-state index contributed by atoms with van der Waals surface area (Å²) in [6.07, 6.45) is 4.14. The molecule has 4 rings (SSSR count). The number of sulfonamides is 1. The molecular weight excluding hydrogens is 440 g/mol. The number of hydrogen-bond donors (Lipinski definition) is 1. The molecule has 0 aliphatic carbocycles. The fourth-order valence-electron chi connectivity index (χ4n) is 3.83. The van der Waals surface area contributed by atoms with E-state index in [1.54, 1.807) is 24.0 Å². The van der Waals surface area contributed by atoms with Crippen LogP contribution in [0.25, 0.3) is 11.4 Å². The Hall–Kier alpha value is -3.04. The van der Waals surface area contributed by atoms with E-state index >= 15 is 0 Å². The normalized spacial score (nSPS) is 14.8. The Morgan fingerprint density at radius 3 is 2.42 bits per heavy atom. The standard InChI is InChI=1S/C24H28N4O4S/c1-17-7-10-19(11-8-17)16-25-33(30,31)21-15-20(12-9-18(21)2)22-26-23(32-27-22)24(29)28-13-5-3-4-6-14-28/h7-12,15,25H,3-6,13-14,16H2,1-2H3. The van der Waals surface area contributed by atoms with Crippen LogP contribution in [0.4, 0.5) is 0 Å². The zero-order chi connectivity index (χ0) is 23.4. The van der Waals surface area contributed by atoms with E-state index in [2.05, 4.69) is 14.9 Å². The minimum absolute atomic E-state index is 0.0746. The highest BCUT2D eigenvalue weighted by molar-refractivity contribution is 7.89. The molecule has 1 aromatic heterocycles. The van der Waals surface area contributed by atoms with Crippen LogP contribution in [-0.4, -0.2) is 42.5 Å². The monoisotopic (exact) mass is 468 g/mol. The number of aryl methyl sites for hydroxylation is 2. The lowest BCUT2D eigenvalue weighted by Gasteiger charge is -2.17. The minimum Gasteiger partial charge on any atom is -0.334 e. The van der Waals surface area contributed by atoms with Crippen LogP contribution >= 0.6 is 0 Å². The van der Waals surface area contributed by atoms with Crippen molar-refractivity contribution in [1.29, 1.82) is 0 Å². The van der Waals surface area contributed by atoms with Crippen LogP contribution in [0.1, 0.15) is 53.1 Å². The summed E-state index contributed by atoms with van der Waals surface area (Å²) in [5.74, 6) is -0.173. The third-order valence-electron chi connectivity index (χ3n) is 5.83. The summed E-state index contributed by atoms with van der Waals surface area (Å²) in [4.78, 5) is 18.9. The largest absolute Gasteiger partial charge is 0.334 e. The van der Waals surface area contributed by atoms with Gasteiger partial charge in [0.25, 0.3) is 0 Å². The summed E-state index contributed by atoms with van der Waals surface area (Å²) in [5.41, 5.74) is 3.04. The molecule has 0 spiro atoms. The number of likely N-dealkylation sites (tertiary alicyclic amines) is 1. The van der Waals surface area contributed by atoms with Gasteiger partial charge in [0.05, 0.1) is 4.90 Å². The molecule has 33 heavy (non-hydrogen) atoms. The Bertz CT molecular complexity index is 1230. The molecule has 1 aliphatic heterocycles. The first-order valence-corrected chi connectivity index (χ1v) is 12.6. The lowest BCUT2D eigenvalue weighted by molar-refractivity contribution is 0.0711. The van der Waals surface area contributed by atoms with E-state index in [1.165, 1.54) is 6.07 Å². The first kappa shape index (κ1) is 23.1. The number of aromatic nitrogens is 2. The Kier molecular flexibility index (Phi) is 6.90. The third-order valence-corrected chi connectivity index (χ3v) is 7.37. The van der Waals surface area contributed by atoms with Gasteiger partial charge < -0.3 is 9.42 Å². The predicted molar refractivity (Wildman–Crippen MR) is 124 cm³/mol. The number of benzene rings is 2. The molecule has 9 heteroatoms. The van der Waals surface area contributed by atoms with Gasteiger partial charge in [0.1, 0.15) is 0 Å². The third kappa shape index (κ3) is 5.48. The van der Waals surface area contributed by atoms with E-state index in [0.717, 1.165) is 36.8 Å². The first-order chi connectivity index (χ1) is 15.8. The highest BCUT2D eigenvalue weighted by Crippen LogP contribution is 2.24. The van der Waals surface area contributed by atoms with Crippen molar-refractivity contribution in [3.05, 3.63) is 65.0 Å². The van der Waals surface area contributed by atoms with Gasteiger partial charge in [0.15, 0.2) is 0 Å². The van der Waals surface area contributed by atoms with Crippen molar-refractivity contribution in [2.24, 2.45) is 0 Å². The van der Waals surface area contributed by atoms with Gasteiger partial charge in [-0.05, 0) is 43.9 Å². The second-order valence-corrected chi connectivity index (χ2v) is 10.2. The fraction of sp³-hybridized carbons (Fsp3) is 0.375. The molecule has 1 amide bonds. The van der Waals surface area contributed by atoms with Crippen molar-refractivity contribution in [1.82, 2.24) is 19.8 Å². The number of rotatable bonds is 6. The smallest absolute Gasteiger partial charge is 0.316 e. The van der Waals surface area contributed by atoms with Crippen molar-refractivity contribution in [3.8, 4) is 11.4 Å². The second kappa shape index (κ2) is 9.84. The van der Waals surface area contributed by atoms with E-state index in [1.807, 2.05) is 31.2 Å². The van der Waals surface area contributed by atoms with Gasteiger partial charge in [0, 0.05) is 25.2 Å². The van der Waals surface area contributed by atoms with Crippen LogP contribution < -0.4 is 4.72 Å². The Balaban J connectivity index is 1.53. The minimum atomic E-state index is -3.77. The van der Waals surface area contributed by atoms with Gasteiger partial charge in [-0.25, -0.2) is 13.1 Å². The first-order valence-electron chi connectivity index (χ1n) is 11.1. The van der Waals surface area contributed by atoms with E-state index < -0.39 is 10.0 Å². The zero-order valence-corrected chi connectivity index (χ0v) is 19.7. The van der Waals surface area contributed by atoms with Crippen LogP contribution in [0.15, 0.2) is 51.9 Å². The molecule has 0 radical (unpaired) electrons. The lowest BCUT2D eigenvalue weighted by Crippen LogP contribution is -2.32. The van der Waals surface area contributed by atoms with Gasteiger partial charge in [0.2, 0.25) is 15.8 Å². The zero-order valence-electron chi connectivity index (χ0n) is 18.9. The maximum atomic E-state index is 13.0. The van der Waals surface area contributed by atoms with E-state index in [-0.39, 0.29) is 29.1 Å². The number of carbonyl (C=O) groups is 1. The second-order valence-electron chi connectivity index (χ2n) is 8.42. The van der Waals surface area contributed by atoms with Crippen LogP contribution in [0, 0.1) is 13.8 Å². The number of nitrogens with one attached hydrogen (secondary N) is 1. The van der Waals surface area contributed by atoms with Crippen LogP contribution in [-0.2, 0) is 16.6 Å². The summed E-state index contributed by atoms with van der Waals surface area (Å²) in [7, 11) is -3.77. The Morgan fingerprint density at radius 1 is 1.03 bits per heavy atom. The van der Waals surface area contributed by atoms with Gasteiger partial charge in [-0.3, -0.25) is 4.79 Å². The number of nitrogens with zero attached hydrogens (tertiary/aromatic N) is 3. The molecule has 0 unspecified atom stereocenters. The molecule has 1 fully saturated rings. The molecule has 8 nitrogen and oxygen atoms in total. The molecule has 174 valence electrons. The predicted octanol–water partition coefficient (Wildman–Crippen LogP) is 3.85. The molecule has 3 aromatic rings. The molecule has 0 atom stereocenters. The maximum Gasteiger partial charge on any atom is 0.316 e. The summed E-state index contributed by atoms with van der Waals surface area (Å²) in [6.45, 7) is 5.25. The van der Waals surface area contributed by atoms with Gasteiger partial charge in [-0.1, -0.05) is 60.0 Å². The van der Waals surface area contributed by atoms with Crippen LogP contribution in [0.3, 0.4) is 0 Å². The molecule has 1 saturated heterocycles. The van der Waals surface area contributed by atoms with Crippen LogP contribution in [0.2, 0.25) is 0 Å². The molecular formula is C24H28N4O4S. The summed E-state index contributed by atoms with van der Waals surface area (Å²) in [5, 5.41) is 3.93. The van der Waals surface area contributed by atoms with Gasteiger partial charge in [-0.2, -0.15) is 4.98 Å². The van der Waals surface area contributed by atoms with E-state index in [9.17, 15) is 13.2 Å². The van der Waals surface area contributed by atoms with Gasteiger partial charge in [-0.15, -0.1) is 0 Å². The van der Waals surface area contributed by atoms with E-state index in [0.29, 0.717) is 24.2 Å². The number of hydrogen-bond acceptors (Lipinski definition) is 6. The van der Waals surface area contributed by atoms with Gasteiger partial charge >= 0.3 is 11.8 Å². The summed E-state index contributed by atoms with van der Waals surface area (Å²) < 4.78 is 33.9. The maximum absolute atomic E-state index is 13.0. The van der Waals surface area contributed by atoms with Crippen molar-refractivity contribution in [3.63, 3.8) is 0 Å². The average Bonchev–Trinajstić information content (AvgIpc) is 3.14. The quantitative estimate of drug-likeness (QED) is 0.589. The summed E-state index contributed by atoms with van der Waals surface area (Å²) in [6, 6.07) is 12.6. The average molecular weight is 469 g/mol. The molecule has 0 bridgehead atoms. The fourth-order valence-corrected chi connectivity index (χ4v) is 5.11. The Morgan fingerprint density at radius 2 is 1.73 bits per heavy atom. The molecule has 0 saturated carbocycles. The highest BCUT2D eigenvalue weighted by atomic mass is 32.2. The molecule has 2 heterocycles. The Labute approximate surface area is 194 Å². The molecule has 1 N–H and O–H groups in total. The highest BCUT2D eigenvalue weighted by Gasteiger charge is 2.24. The van der Waals surface area contributed by atoms with Crippen molar-refractivity contribution in [2.45, 2.75) is 51.0 Å². The SMILES string of the molecule is Cc1ccc(CNS(=O)(=O)c2cc(-c3noc(C(=O)N4CCCCCC4)n3)ccc2C)cc1. The van der Waals surface area contributed by atoms with E-state index in [4.69, 9.17) is 4.52 Å². The molecule has 1 aliphatic rings. The number of amides is 1. The molecule has 2 aromatic carbocycles. The van der Waals surface area contributed by atoms with Crippen LogP contribution in [0.5, 0.6) is 0 Å². The number of carbonyl (C=O) groups excluding carboxylic acids is 1. The summed E-state index contributed by atoms with van der Waals surface area (Å²) >= 11 is 0. The van der Waals surface area contributed by atoms with Crippen molar-refractivity contribution < 1.29 is 17.7 Å². The van der Waals surface area contributed by atoms with Crippen molar-refractivity contribution in [2.75, 3.05) is 13.1 Å². The topological polar surface area (TPSA) is 105 Å². The van der Waals surface area contributed by atoms with Crippen molar-refractivity contribution >= 4 is 15.9 Å². The lowest BCUT2D eigenvalue weighted by atomic mass is 10.1.